The lowest BCUT2D eigenvalue weighted by molar-refractivity contribution is -0.120. The molecule has 1 heterocycles. The highest BCUT2D eigenvalue weighted by atomic mass is 35.5. The lowest BCUT2D eigenvalue weighted by Crippen LogP contribution is -2.35. The van der Waals surface area contributed by atoms with Gasteiger partial charge in [-0.05, 0) is 37.3 Å². The molecule has 5 nitrogen and oxygen atoms in total. The van der Waals surface area contributed by atoms with Crippen molar-refractivity contribution in [1.29, 1.82) is 5.26 Å². The lowest BCUT2D eigenvalue weighted by atomic mass is 10.2. The van der Waals surface area contributed by atoms with Gasteiger partial charge in [-0.3, -0.25) is 9.69 Å². The smallest absolute Gasteiger partial charge is 0.265 e. The standard InChI is InChI=1S/C20H15Cl2N3O2/c1-13-7-8-15-16(21)11-17(22)20(19(15)24-13)27-12-18(26)25(10-9-23)14-5-3-2-4-6-14/h2-8,11H,10,12H2,1H3. The molecule has 0 bridgehead atoms. The van der Waals surface area contributed by atoms with Crippen LogP contribution in [0.15, 0.2) is 48.5 Å². The van der Waals surface area contributed by atoms with Crippen LogP contribution in [-0.2, 0) is 4.79 Å². The van der Waals surface area contributed by atoms with E-state index < -0.39 is 0 Å². The number of carbonyl (C=O) groups excluding carboxylic acids is 1. The molecule has 0 aliphatic heterocycles. The average Bonchev–Trinajstić information content (AvgIpc) is 2.66. The summed E-state index contributed by atoms with van der Waals surface area (Å²) in [6.07, 6.45) is 0. The van der Waals surface area contributed by atoms with E-state index in [0.717, 1.165) is 5.69 Å². The number of fused-ring (bicyclic) bond motifs is 1. The van der Waals surface area contributed by atoms with Crippen molar-refractivity contribution >= 4 is 45.7 Å². The van der Waals surface area contributed by atoms with Crippen LogP contribution in [0.4, 0.5) is 5.69 Å². The highest BCUT2D eigenvalue weighted by Crippen LogP contribution is 2.37. The number of hydrogen-bond donors (Lipinski definition) is 0. The SMILES string of the molecule is Cc1ccc2c(Cl)cc(Cl)c(OCC(=O)N(CC#N)c3ccccc3)c2n1. The molecule has 0 unspecified atom stereocenters. The molecule has 2 aromatic carbocycles. The predicted molar refractivity (Wildman–Crippen MR) is 106 cm³/mol. The molecule has 0 fully saturated rings. The van der Waals surface area contributed by atoms with Gasteiger partial charge in [-0.25, -0.2) is 4.98 Å². The summed E-state index contributed by atoms with van der Waals surface area (Å²) in [6, 6.07) is 16.2. The molecule has 7 heteroatoms. The number of benzene rings is 2. The summed E-state index contributed by atoms with van der Waals surface area (Å²) in [7, 11) is 0. The van der Waals surface area contributed by atoms with Gasteiger partial charge in [0.2, 0.25) is 0 Å². The minimum Gasteiger partial charge on any atom is -0.480 e. The summed E-state index contributed by atoms with van der Waals surface area (Å²) >= 11 is 12.5. The first-order valence-electron chi connectivity index (χ1n) is 8.11. The molecular weight excluding hydrogens is 385 g/mol. The Morgan fingerprint density at radius 3 is 2.63 bits per heavy atom. The summed E-state index contributed by atoms with van der Waals surface area (Å²) in [4.78, 5) is 18.4. The summed E-state index contributed by atoms with van der Waals surface area (Å²) in [5.74, 6) is -0.0762. The molecule has 0 aliphatic carbocycles. The highest BCUT2D eigenvalue weighted by molar-refractivity contribution is 6.39. The molecule has 0 saturated carbocycles. The van der Waals surface area contributed by atoms with Gasteiger partial charge in [-0.2, -0.15) is 5.26 Å². The van der Waals surface area contributed by atoms with Gasteiger partial charge in [0.05, 0.1) is 16.1 Å². The highest BCUT2D eigenvalue weighted by Gasteiger charge is 2.19. The molecule has 0 aliphatic rings. The number of hydrogen-bond acceptors (Lipinski definition) is 4. The van der Waals surface area contributed by atoms with Crippen LogP contribution in [0, 0.1) is 18.3 Å². The fourth-order valence-electron chi connectivity index (χ4n) is 2.64. The summed E-state index contributed by atoms with van der Waals surface area (Å²) in [6.45, 7) is 1.47. The van der Waals surface area contributed by atoms with Crippen LogP contribution in [0.1, 0.15) is 5.69 Å². The second-order valence-corrected chi connectivity index (χ2v) is 6.59. The number of halogens is 2. The maximum atomic E-state index is 12.6. The van der Waals surface area contributed by atoms with E-state index in [1.807, 2.05) is 31.2 Å². The third kappa shape index (κ3) is 4.13. The van der Waals surface area contributed by atoms with E-state index >= 15 is 0 Å². The molecule has 1 aromatic heterocycles. The Hall–Kier alpha value is -2.81. The molecule has 3 rings (SSSR count). The Bertz CT molecular complexity index is 1030. The molecule has 3 aromatic rings. The Kier molecular flexibility index (Phi) is 5.80. The second kappa shape index (κ2) is 8.26. The average molecular weight is 400 g/mol. The van der Waals surface area contributed by atoms with Crippen LogP contribution in [0.5, 0.6) is 5.75 Å². The third-order valence-electron chi connectivity index (χ3n) is 3.91. The molecule has 0 N–H and O–H groups in total. The van der Waals surface area contributed by atoms with Gasteiger partial charge in [0.25, 0.3) is 5.91 Å². The van der Waals surface area contributed by atoms with Crippen molar-refractivity contribution in [1.82, 2.24) is 4.98 Å². The van der Waals surface area contributed by atoms with Gasteiger partial charge in [0.1, 0.15) is 12.1 Å². The third-order valence-corrected chi connectivity index (χ3v) is 4.51. The second-order valence-electron chi connectivity index (χ2n) is 5.78. The maximum absolute atomic E-state index is 12.6. The first kappa shape index (κ1) is 19.0. The summed E-state index contributed by atoms with van der Waals surface area (Å²) < 4.78 is 5.72. The Morgan fingerprint density at radius 1 is 1.19 bits per heavy atom. The number of pyridine rings is 1. The summed E-state index contributed by atoms with van der Waals surface area (Å²) in [5, 5.41) is 10.5. The van der Waals surface area contributed by atoms with Crippen LogP contribution in [-0.4, -0.2) is 24.0 Å². The number of aromatic nitrogens is 1. The van der Waals surface area contributed by atoms with Crippen molar-refractivity contribution in [2.24, 2.45) is 0 Å². The number of para-hydroxylation sites is 1. The number of rotatable bonds is 5. The van der Waals surface area contributed by atoms with Crippen LogP contribution >= 0.6 is 23.2 Å². The van der Waals surface area contributed by atoms with Gasteiger partial charge >= 0.3 is 0 Å². The molecule has 136 valence electrons. The minimum absolute atomic E-state index is 0.0847. The van der Waals surface area contributed by atoms with Gasteiger partial charge < -0.3 is 4.74 Å². The normalized spacial score (nSPS) is 10.4. The van der Waals surface area contributed by atoms with Gasteiger partial charge in [0.15, 0.2) is 12.4 Å². The van der Waals surface area contributed by atoms with E-state index in [9.17, 15) is 4.79 Å². The minimum atomic E-state index is -0.366. The van der Waals surface area contributed by atoms with Crippen molar-refractivity contribution in [3.8, 4) is 11.8 Å². The van der Waals surface area contributed by atoms with Crippen molar-refractivity contribution in [3.63, 3.8) is 0 Å². The van der Waals surface area contributed by atoms with E-state index in [1.54, 1.807) is 30.3 Å². The quantitative estimate of drug-likeness (QED) is 0.578. The zero-order valence-electron chi connectivity index (χ0n) is 14.4. The monoisotopic (exact) mass is 399 g/mol. The van der Waals surface area contributed by atoms with Crippen LogP contribution in [0.3, 0.4) is 0 Å². The van der Waals surface area contributed by atoms with Crippen molar-refractivity contribution < 1.29 is 9.53 Å². The van der Waals surface area contributed by atoms with E-state index in [2.05, 4.69) is 4.98 Å². The number of nitrogens with zero attached hydrogens (tertiary/aromatic N) is 3. The van der Waals surface area contributed by atoms with Crippen molar-refractivity contribution in [2.45, 2.75) is 6.92 Å². The van der Waals surface area contributed by atoms with Crippen molar-refractivity contribution in [2.75, 3.05) is 18.1 Å². The molecule has 1 amide bonds. The van der Waals surface area contributed by atoms with E-state index in [4.69, 9.17) is 33.2 Å². The van der Waals surface area contributed by atoms with Gasteiger partial charge in [-0.15, -0.1) is 0 Å². The lowest BCUT2D eigenvalue weighted by Gasteiger charge is -2.20. The Balaban J connectivity index is 1.89. The van der Waals surface area contributed by atoms with E-state index in [1.165, 1.54) is 4.90 Å². The fraction of sp³-hybridized carbons (Fsp3) is 0.150. The number of anilines is 1. The molecule has 0 saturated heterocycles. The van der Waals surface area contributed by atoms with Crippen molar-refractivity contribution in [3.05, 3.63) is 64.3 Å². The Labute approximate surface area is 166 Å². The number of ether oxygens (including phenoxy) is 1. The summed E-state index contributed by atoms with van der Waals surface area (Å²) in [5.41, 5.74) is 1.88. The fourth-order valence-corrected chi connectivity index (χ4v) is 3.21. The molecule has 0 radical (unpaired) electrons. The number of amides is 1. The number of nitriles is 1. The molecule has 0 atom stereocenters. The van der Waals surface area contributed by atoms with Gasteiger partial charge in [-0.1, -0.05) is 41.4 Å². The van der Waals surface area contributed by atoms with E-state index in [-0.39, 0.29) is 29.8 Å². The predicted octanol–water partition coefficient (Wildman–Crippen LogP) is 4.79. The zero-order chi connectivity index (χ0) is 19.4. The zero-order valence-corrected chi connectivity index (χ0v) is 16.0. The van der Waals surface area contributed by atoms with Crippen LogP contribution in [0.2, 0.25) is 10.0 Å². The van der Waals surface area contributed by atoms with Crippen LogP contribution < -0.4 is 9.64 Å². The largest absolute Gasteiger partial charge is 0.480 e. The topological polar surface area (TPSA) is 66.2 Å². The van der Waals surface area contributed by atoms with E-state index in [0.29, 0.717) is 21.6 Å². The molecule has 0 spiro atoms. The van der Waals surface area contributed by atoms with Crippen LogP contribution in [0.25, 0.3) is 10.9 Å². The molecule has 27 heavy (non-hydrogen) atoms. The number of carbonyl (C=O) groups is 1. The first-order chi connectivity index (χ1) is 13.0. The Morgan fingerprint density at radius 2 is 1.93 bits per heavy atom. The first-order valence-corrected chi connectivity index (χ1v) is 8.87. The maximum Gasteiger partial charge on any atom is 0.265 e. The van der Waals surface area contributed by atoms with Gasteiger partial charge in [0, 0.05) is 16.8 Å². The number of aryl methyl sites for hydroxylation is 1. The molecular formula is C20H15Cl2N3O2.